The van der Waals surface area contributed by atoms with Gasteiger partial charge in [0.2, 0.25) is 0 Å². The van der Waals surface area contributed by atoms with Crippen LogP contribution in [0, 0.1) is 6.92 Å². The monoisotopic (exact) mass is 350 g/mol. The van der Waals surface area contributed by atoms with Gasteiger partial charge in [-0.15, -0.1) is 0 Å². The van der Waals surface area contributed by atoms with Crippen LogP contribution in [-0.4, -0.2) is 30.6 Å². The second kappa shape index (κ2) is 6.59. The number of nitrogens with one attached hydrogen (secondary N) is 2. The maximum atomic E-state index is 12.1. The third-order valence-electron chi connectivity index (χ3n) is 3.04. The minimum atomic E-state index is -4.10. The Labute approximate surface area is 137 Å². The fraction of sp³-hybridized carbons (Fsp3) is 0.0667. The highest BCUT2D eigenvalue weighted by atomic mass is 32.2. The van der Waals surface area contributed by atoms with Crippen molar-refractivity contribution in [3.8, 4) is 5.75 Å². The van der Waals surface area contributed by atoms with Gasteiger partial charge < -0.3 is 15.5 Å². The SMILES string of the molecule is Cc1ccc(S(=O)(=O)NC(=O)Nc2ccc(O)cc2C(=O)O)cc1. The van der Waals surface area contributed by atoms with Gasteiger partial charge in [0.05, 0.1) is 16.1 Å². The van der Waals surface area contributed by atoms with Crippen molar-refractivity contribution in [2.45, 2.75) is 11.8 Å². The van der Waals surface area contributed by atoms with E-state index in [-0.39, 0.29) is 21.9 Å². The molecule has 126 valence electrons. The van der Waals surface area contributed by atoms with Crippen molar-refractivity contribution in [2.24, 2.45) is 0 Å². The van der Waals surface area contributed by atoms with Crippen LogP contribution in [0.1, 0.15) is 15.9 Å². The zero-order valence-corrected chi connectivity index (χ0v) is 13.3. The molecule has 24 heavy (non-hydrogen) atoms. The maximum absolute atomic E-state index is 12.1. The molecule has 0 aliphatic heterocycles. The summed E-state index contributed by atoms with van der Waals surface area (Å²) >= 11 is 0. The Morgan fingerprint density at radius 1 is 1.04 bits per heavy atom. The molecule has 0 aromatic heterocycles. The lowest BCUT2D eigenvalue weighted by Crippen LogP contribution is -2.34. The molecule has 0 aliphatic carbocycles. The molecule has 2 aromatic carbocycles. The van der Waals surface area contributed by atoms with Crippen molar-refractivity contribution in [2.75, 3.05) is 5.32 Å². The first kappa shape index (κ1) is 17.3. The lowest BCUT2D eigenvalue weighted by Gasteiger charge is -2.11. The summed E-state index contributed by atoms with van der Waals surface area (Å²) in [6.45, 7) is 1.79. The van der Waals surface area contributed by atoms with Gasteiger partial charge in [0, 0.05) is 0 Å². The van der Waals surface area contributed by atoms with Crippen LogP contribution in [0.25, 0.3) is 0 Å². The summed E-state index contributed by atoms with van der Waals surface area (Å²) in [5, 5.41) is 20.5. The number of phenolic OH excluding ortho intramolecular Hbond substituents is 1. The number of sulfonamides is 1. The summed E-state index contributed by atoms with van der Waals surface area (Å²) in [7, 11) is -4.10. The van der Waals surface area contributed by atoms with Crippen LogP contribution >= 0.6 is 0 Å². The molecule has 2 rings (SSSR count). The Morgan fingerprint density at radius 2 is 1.67 bits per heavy atom. The highest BCUT2D eigenvalue weighted by molar-refractivity contribution is 7.90. The molecule has 2 aromatic rings. The number of carbonyl (C=O) groups excluding carboxylic acids is 1. The summed E-state index contributed by atoms with van der Waals surface area (Å²) in [6, 6.07) is 7.97. The van der Waals surface area contributed by atoms with Crippen LogP contribution in [-0.2, 0) is 10.0 Å². The third kappa shape index (κ3) is 4.02. The van der Waals surface area contributed by atoms with E-state index in [9.17, 15) is 23.1 Å². The number of carboxylic acid groups (broad SMARTS) is 1. The Hall–Kier alpha value is -3.07. The summed E-state index contributed by atoms with van der Waals surface area (Å²) < 4.78 is 26.0. The van der Waals surface area contributed by atoms with E-state index in [1.54, 1.807) is 23.8 Å². The van der Waals surface area contributed by atoms with Gasteiger partial charge in [0.15, 0.2) is 0 Å². The molecule has 0 radical (unpaired) electrons. The first-order valence-corrected chi connectivity index (χ1v) is 8.14. The fourth-order valence-electron chi connectivity index (χ4n) is 1.86. The van der Waals surface area contributed by atoms with Crippen molar-refractivity contribution >= 4 is 27.7 Å². The first-order valence-electron chi connectivity index (χ1n) is 6.66. The Kier molecular flexibility index (Phi) is 4.74. The van der Waals surface area contributed by atoms with Gasteiger partial charge in [-0.25, -0.2) is 22.7 Å². The molecule has 0 aliphatic rings. The van der Waals surface area contributed by atoms with E-state index in [0.29, 0.717) is 0 Å². The number of carboxylic acids is 1. The predicted octanol–water partition coefficient (Wildman–Crippen LogP) is 1.91. The number of urea groups is 1. The molecule has 0 bridgehead atoms. The molecule has 0 heterocycles. The molecule has 0 atom stereocenters. The van der Waals surface area contributed by atoms with Crippen molar-refractivity contribution in [3.63, 3.8) is 0 Å². The first-order chi connectivity index (χ1) is 11.2. The quantitative estimate of drug-likeness (QED) is 0.623. The van der Waals surface area contributed by atoms with Gasteiger partial charge in [-0.1, -0.05) is 17.7 Å². The molecule has 0 fully saturated rings. The van der Waals surface area contributed by atoms with Crippen LogP contribution in [0.2, 0.25) is 0 Å². The van der Waals surface area contributed by atoms with Crippen molar-refractivity contribution in [3.05, 3.63) is 53.6 Å². The van der Waals surface area contributed by atoms with Gasteiger partial charge in [-0.05, 0) is 37.3 Å². The molecule has 0 unspecified atom stereocenters. The number of hydrogen-bond donors (Lipinski definition) is 4. The summed E-state index contributed by atoms with van der Waals surface area (Å²) in [6.07, 6.45) is 0. The summed E-state index contributed by atoms with van der Waals surface area (Å²) in [5.41, 5.74) is 0.323. The number of amides is 2. The Bertz CT molecular complexity index is 891. The van der Waals surface area contributed by atoms with Gasteiger partial charge in [-0.3, -0.25) is 0 Å². The predicted molar refractivity (Wildman–Crippen MR) is 85.6 cm³/mol. The normalized spacial score (nSPS) is 10.9. The smallest absolute Gasteiger partial charge is 0.337 e. The lowest BCUT2D eigenvalue weighted by molar-refractivity contribution is 0.0697. The van der Waals surface area contributed by atoms with Crippen LogP contribution in [0.3, 0.4) is 0 Å². The van der Waals surface area contributed by atoms with Crippen molar-refractivity contribution in [1.82, 2.24) is 4.72 Å². The fourth-order valence-corrected chi connectivity index (χ4v) is 2.77. The molecule has 0 saturated carbocycles. The molecule has 9 heteroatoms. The molecule has 2 amide bonds. The average molecular weight is 350 g/mol. The molecule has 0 saturated heterocycles. The minimum Gasteiger partial charge on any atom is -0.508 e. The summed E-state index contributed by atoms with van der Waals surface area (Å²) in [4.78, 5) is 22.9. The number of aromatic hydroxyl groups is 1. The summed E-state index contributed by atoms with van der Waals surface area (Å²) in [5.74, 6) is -1.69. The van der Waals surface area contributed by atoms with E-state index in [0.717, 1.165) is 23.8 Å². The number of rotatable bonds is 4. The van der Waals surface area contributed by atoms with E-state index < -0.39 is 22.0 Å². The van der Waals surface area contributed by atoms with E-state index >= 15 is 0 Å². The molecular formula is C15H14N2O6S. The van der Waals surface area contributed by atoms with Gasteiger partial charge in [0.1, 0.15) is 5.75 Å². The van der Waals surface area contributed by atoms with Gasteiger partial charge >= 0.3 is 12.0 Å². The molecule has 0 spiro atoms. The maximum Gasteiger partial charge on any atom is 0.337 e. The van der Waals surface area contributed by atoms with E-state index in [2.05, 4.69) is 5.32 Å². The van der Waals surface area contributed by atoms with E-state index in [1.807, 2.05) is 0 Å². The number of anilines is 1. The number of hydrogen-bond acceptors (Lipinski definition) is 5. The third-order valence-corrected chi connectivity index (χ3v) is 4.39. The highest BCUT2D eigenvalue weighted by Crippen LogP contribution is 2.21. The Morgan fingerprint density at radius 3 is 2.25 bits per heavy atom. The number of aryl methyl sites for hydroxylation is 1. The largest absolute Gasteiger partial charge is 0.508 e. The van der Waals surface area contributed by atoms with Crippen LogP contribution < -0.4 is 10.0 Å². The van der Waals surface area contributed by atoms with Crippen LogP contribution in [0.5, 0.6) is 5.75 Å². The van der Waals surface area contributed by atoms with E-state index in [1.165, 1.54) is 12.1 Å². The standard InChI is InChI=1S/C15H14N2O6S/c1-9-2-5-11(6-3-9)24(22,23)17-15(21)16-13-7-4-10(18)8-12(13)14(19)20/h2-8,18H,1H3,(H,19,20)(H2,16,17,21). The van der Waals surface area contributed by atoms with Gasteiger partial charge in [-0.2, -0.15) is 0 Å². The number of phenols is 1. The number of benzene rings is 2. The highest BCUT2D eigenvalue weighted by Gasteiger charge is 2.19. The average Bonchev–Trinajstić information content (AvgIpc) is 2.48. The Balaban J connectivity index is 2.19. The number of aromatic carboxylic acids is 1. The van der Waals surface area contributed by atoms with Crippen LogP contribution in [0.15, 0.2) is 47.4 Å². The molecule has 4 N–H and O–H groups in total. The second-order valence-corrected chi connectivity index (χ2v) is 6.59. The van der Waals surface area contributed by atoms with Crippen molar-refractivity contribution < 1.29 is 28.2 Å². The lowest BCUT2D eigenvalue weighted by atomic mass is 10.1. The number of carbonyl (C=O) groups is 2. The topological polar surface area (TPSA) is 133 Å². The second-order valence-electron chi connectivity index (χ2n) is 4.91. The van der Waals surface area contributed by atoms with Crippen LogP contribution in [0.4, 0.5) is 10.5 Å². The van der Waals surface area contributed by atoms with Crippen molar-refractivity contribution in [1.29, 1.82) is 0 Å². The zero-order chi connectivity index (χ0) is 17.9. The minimum absolute atomic E-state index is 0.104. The molecule has 8 nitrogen and oxygen atoms in total. The van der Waals surface area contributed by atoms with Gasteiger partial charge in [0.25, 0.3) is 10.0 Å². The zero-order valence-electron chi connectivity index (χ0n) is 12.5. The molecular weight excluding hydrogens is 336 g/mol. The van der Waals surface area contributed by atoms with E-state index in [4.69, 9.17) is 5.11 Å².